The highest BCUT2D eigenvalue weighted by Gasteiger charge is 2.05. The van der Waals surface area contributed by atoms with E-state index in [0.717, 1.165) is 5.56 Å². The first-order valence-electron chi connectivity index (χ1n) is 3.12. The summed E-state index contributed by atoms with van der Waals surface area (Å²) < 4.78 is 1.03. The van der Waals surface area contributed by atoms with Gasteiger partial charge < -0.3 is 5.21 Å². The van der Waals surface area contributed by atoms with Crippen LogP contribution in [0, 0.1) is 13.8 Å². The standard InChI is InChI=1S/C7H8BrNO2/c1-4-3-5(2)9(11)7(10)6(4)8/h3,11H,1-2H3. The first kappa shape index (κ1) is 8.33. The number of pyridine rings is 1. The first-order valence-corrected chi connectivity index (χ1v) is 3.91. The lowest BCUT2D eigenvalue weighted by atomic mass is 10.2. The molecule has 0 fully saturated rings. The van der Waals surface area contributed by atoms with Crippen LogP contribution in [0.5, 0.6) is 0 Å². The number of nitrogens with zero attached hydrogens (tertiary/aromatic N) is 1. The Balaban J connectivity index is 3.59. The molecule has 0 saturated heterocycles. The molecular formula is C7H8BrNO2. The third-order valence-corrected chi connectivity index (χ3v) is 2.45. The van der Waals surface area contributed by atoms with Gasteiger partial charge in [0.25, 0.3) is 5.56 Å². The molecule has 0 saturated carbocycles. The maximum atomic E-state index is 11.1. The lowest BCUT2D eigenvalue weighted by Crippen LogP contribution is -2.21. The summed E-state index contributed by atoms with van der Waals surface area (Å²) in [6.07, 6.45) is 0. The van der Waals surface area contributed by atoms with Gasteiger partial charge in [-0.3, -0.25) is 4.79 Å². The molecule has 0 bridgehead atoms. The molecule has 0 amide bonds. The molecule has 1 rings (SSSR count). The summed E-state index contributed by atoms with van der Waals surface area (Å²) in [6, 6.07) is 1.73. The lowest BCUT2D eigenvalue weighted by molar-refractivity contribution is 0.167. The van der Waals surface area contributed by atoms with E-state index in [2.05, 4.69) is 15.9 Å². The largest absolute Gasteiger partial charge is 0.425 e. The minimum atomic E-state index is -0.414. The summed E-state index contributed by atoms with van der Waals surface area (Å²) in [5.41, 5.74) is 0.955. The van der Waals surface area contributed by atoms with Gasteiger partial charge in [0, 0.05) is 0 Å². The zero-order valence-electron chi connectivity index (χ0n) is 6.26. The van der Waals surface area contributed by atoms with Crippen molar-refractivity contribution in [3.8, 4) is 0 Å². The molecular weight excluding hydrogens is 210 g/mol. The van der Waals surface area contributed by atoms with Crippen LogP contribution < -0.4 is 5.56 Å². The van der Waals surface area contributed by atoms with Crippen molar-refractivity contribution < 1.29 is 5.21 Å². The Labute approximate surface area is 72.4 Å². The molecule has 3 nitrogen and oxygen atoms in total. The number of aromatic nitrogens is 1. The van der Waals surface area contributed by atoms with Gasteiger partial charge in [-0.15, -0.1) is 0 Å². The summed E-state index contributed by atoms with van der Waals surface area (Å²) in [5, 5.41) is 9.09. The minimum absolute atomic E-state index is 0.408. The van der Waals surface area contributed by atoms with Crippen LogP contribution in [0.4, 0.5) is 0 Å². The Kier molecular flexibility index (Phi) is 2.04. The third-order valence-electron chi connectivity index (χ3n) is 1.49. The molecule has 1 heterocycles. The summed E-state index contributed by atoms with van der Waals surface area (Å²) >= 11 is 3.07. The molecule has 11 heavy (non-hydrogen) atoms. The molecule has 0 unspecified atom stereocenters. The van der Waals surface area contributed by atoms with Crippen LogP contribution in [0.1, 0.15) is 11.3 Å². The highest BCUT2D eigenvalue weighted by atomic mass is 79.9. The topological polar surface area (TPSA) is 42.2 Å². The van der Waals surface area contributed by atoms with Crippen LogP contribution in [-0.2, 0) is 0 Å². The Morgan fingerprint density at radius 3 is 2.64 bits per heavy atom. The van der Waals surface area contributed by atoms with Gasteiger partial charge in [-0.25, -0.2) is 0 Å². The van der Waals surface area contributed by atoms with E-state index in [1.807, 2.05) is 0 Å². The van der Waals surface area contributed by atoms with Gasteiger partial charge >= 0.3 is 0 Å². The highest BCUT2D eigenvalue weighted by Crippen LogP contribution is 2.10. The van der Waals surface area contributed by atoms with Gasteiger partial charge in [0.15, 0.2) is 0 Å². The normalized spacial score (nSPS) is 10.1. The van der Waals surface area contributed by atoms with Crippen LogP contribution in [-0.4, -0.2) is 9.94 Å². The fraction of sp³-hybridized carbons (Fsp3) is 0.286. The van der Waals surface area contributed by atoms with Crippen molar-refractivity contribution in [2.45, 2.75) is 13.8 Å². The zero-order valence-corrected chi connectivity index (χ0v) is 7.84. The summed E-state index contributed by atoms with van der Waals surface area (Å²) in [7, 11) is 0. The minimum Gasteiger partial charge on any atom is -0.425 e. The van der Waals surface area contributed by atoms with E-state index in [1.54, 1.807) is 19.9 Å². The quantitative estimate of drug-likeness (QED) is 0.670. The Hall–Kier alpha value is -0.770. The van der Waals surface area contributed by atoms with E-state index < -0.39 is 5.56 Å². The van der Waals surface area contributed by atoms with Crippen LogP contribution in [0.2, 0.25) is 0 Å². The molecule has 0 atom stereocenters. The second kappa shape index (κ2) is 2.70. The maximum absolute atomic E-state index is 11.1. The molecule has 0 radical (unpaired) electrons. The van der Waals surface area contributed by atoms with E-state index in [4.69, 9.17) is 5.21 Å². The van der Waals surface area contributed by atoms with Crippen LogP contribution >= 0.6 is 15.9 Å². The van der Waals surface area contributed by atoms with Crippen molar-refractivity contribution in [2.24, 2.45) is 0 Å². The molecule has 0 aromatic carbocycles. The van der Waals surface area contributed by atoms with Gasteiger partial charge in [0.1, 0.15) is 0 Å². The Bertz CT molecular complexity index is 314. The molecule has 1 aromatic heterocycles. The average Bonchev–Trinajstić information content (AvgIpc) is 1.97. The fourth-order valence-corrected chi connectivity index (χ4v) is 1.14. The molecule has 0 aliphatic heterocycles. The van der Waals surface area contributed by atoms with Gasteiger partial charge in [-0.1, -0.05) is 0 Å². The number of halogens is 1. The van der Waals surface area contributed by atoms with Crippen molar-refractivity contribution in [3.63, 3.8) is 0 Å². The monoisotopic (exact) mass is 217 g/mol. The van der Waals surface area contributed by atoms with Gasteiger partial charge in [-0.05, 0) is 41.4 Å². The van der Waals surface area contributed by atoms with E-state index in [0.29, 0.717) is 14.9 Å². The van der Waals surface area contributed by atoms with E-state index in [-0.39, 0.29) is 0 Å². The Morgan fingerprint density at radius 1 is 1.55 bits per heavy atom. The van der Waals surface area contributed by atoms with Crippen molar-refractivity contribution in [1.29, 1.82) is 0 Å². The third kappa shape index (κ3) is 1.30. The smallest absolute Gasteiger partial charge is 0.297 e. The maximum Gasteiger partial charge on any atom is 0.297 e. The fourth-order valence-electron chi connectivity index (χ4n) is 0.860. The van der Waals surface area contributed by atoms with E-state index >= 15 is 0 Å². The second-order valence-corrected chi connectivity index (χ2v) is 3.19. The van der Waals surface area contributed by atoms with Crippen LogP contribution in [0.3, 0.4) is 0 Å². The first-order chi connectivity index (χ1) is 5.04. The van der Waals surface area contributed by atoms with Gasteiger partial charge in [0.05, 0.1) is 10.2 Å². The molecule has 0 aliphatic rings. The second-order valence-electron chi connectivity index (χ2n) is 2.40. The predicted octanol–water partition coefficient (Wildman–Crippen LogP) is 1.46. The van der Waals surface area contributed by atoms with Crippen molar-refractivity contribution >= 4 is 15.9 Å². The van der Waals surface area contributed by atoms with Gasteiger partial charge in [0.2, 0.25) is 0 Å². The predicted molar refractivity (Wildman–Crippen MR) is 45.1 cm³/mol. The number of hydrogen-bond acceptors (Lipinski definition) is 2. The molecule has 1 N–H and O–H groups in total. The molecule has 0 aliphatic carbocycles. The SMILES string of the molecule is Cc1cc(C)n(O)c(=O)c1Br. The van der Waals surface area contributed by atoms with Gasteiger partial charge in [-0.2, -0.15) is 4.73 Å². The highest BCUT2D eigenvalue weighted by molar-refractivity contribution is 9.10. The molecule has 0 spiro atoms. The summed E-state index contributed by atoms with van der Waals surface area (Å²) in [6.45, 7) is 3.47. The molecule has 4 heteroatoms. The molecule has 1 aromatic rings. The Morgan fingerprint density at radius 2 is 2.09 bits per heavy atom. The van der Waals surface area contributed by atoms with Crippen molar-refractivity contribution in [3.05, 3.63) is 32.2 Å². The zero-order chi connectivity index (χ0) is 8.59. The number of aryl methyl sites for hydroxylation is 2. The van der Waals surface area contributed by atoms with E-state index in [1.165, 1.54) is 0 Å². The van der Waals surface area contributed by atoms with Crippen LogP contribution in [0.25, 0.3) is 0 Å². The van der Waals surface area contributed by atoms with E-state index in [9.17, 15) is 4.79 Å². The van der Waals surface area contributed by atoms with Crippen molar-refractivity contribution in [1.82, 2.24) is 4.73 Å². The number of rotatable bonds is 0. The summed E-state index contributed by atoms with van der Waals surface area (Å²) in [5.74, 6) is 0. The van der Waals surface area contributed by atoms with Crippen LogP contribution in [0.15, 0.2) is 15.3 Å². The average molecular weight is 218 g/mol. The van der Waals surface area contributed by atoms with Crippen molar-refractivity contribution in [2.75, 3.05) is 0 Å². The summed E-state index contributed by atoms with van der Waals surface area (Å²) in [4.78, 5) is 11.1. The number of hydrogen-bond donors (Lipinski definition) is 1. The molecule has 60 valence electrons. The lowest BCUT2D eigenvalue weighted by Gasteiger charge is -2.03.